The molecular formula is C26H26F2N2O4S. The fourth-order valence-corrected chi connectivity index (χ4v) is 6.02. The van der Waals surface area contributed by atoms with Crippen LogP contribution in [0.1, 0.15) is 42.7 Å². The molecule has 1 heterocycles. The number of ether oxygens (including phenoxy) is 1. The van der Waals surface area contributed by atoms with Crippen molar-refractivity contribution in [1.82, 2.24) is 5.32 Å². The fourth-order valence-electron chi connectivity index (χ4n) is 4.32. The van der Waals surface area contributed by atoms with Gasteiger partial charge in [-0.25, -0.2) is 17.2 Å². The Morgan fingerprint density at radius 2 is 1.69 bits per heavy atom. The largest absolute Gasteiger partial charge is 0.457 e. The summed E-state index contributed by atoms with van der Waals surface area (Å²) >= 11 is 0. The number of aliphatic hydroxyl groups excluding tert-OH is 1. The number of halogens is 2. The van der Waals surface area contributed by atoms with Crippen LogP contribution < -0.4 is 5.32 Å². The predicted octanol–water partition coefficient (Wildman–Crippen LogP) is 4.88. The van der Waals surface area contributed by atoms with Crippen molar-refractivity contribution in [2.24, 2.45) is 4.40 Å². The lowest BCUT2D eigenvalue weighted by Crippen LogP contribution is -2.47. The first-order chi connectivity index (χ1) is 16.6. The van der Waals surface area contributed by atoms with Gasteiger partial charge < -0.3 is 15.2 Å². The Kier molecular flexibility index (Phi) is 6.91. The number of aliphatic hydroxyl groups is 1. The quantitative estimate of drug-likeness (QED) is 0.504. The summed E-state index contributed by atoms with van der Waals surface area (Å²) in [4.78, 5) is 0. The van der Waals surface area contributed by atoms with Crippen LogP contribution >= 0.6 is 0 Å². The van der Waals surface area contributed by atoms with E-state index in [4.69, 9.17) is 4.74 Å². The molecule has 0 saturated carbocycles. The van der Waals surface area contributed by atoms with Crippen LogP contribution in [0.25, 0.3) is 11.1 Å². The highest BCUT2D eigenvalue weighted by Crippen LogP contribution is 2.41. The second-order valence-electron chi connectivity index (χ2n) is 8.86. The lowest BCUT2D eigenvalue weighted by Gasteiger charge is -2.38. The van der Waals surface area contributed by atoms with E-state index >= 15 is 0 Å². The number of rotatable bonds is 6. The van der Waals surface area contributed by atoms with Gasteiger partial charge >= 0.3 is 6.02 Å². The van der Waals surface area contributed by atoms with Crippen molar-refractivity contribution < 1.29 is 27.0 Å². The van der Waals surface area contributed by atoms with Gasteiger partial charge in [0.25, 0.3) is 10.0 Å². The number of benzene rings is 3. The summed E-state index contributed by atoms with van der Waals surface area (Å²) in [6, 6.07) is 18.5. The van der Waals surface area contributed by atoms with Crippen molar-refractivity contribution in [3.63, 3.8) is 0 Å². The maximum Gasteiger partial charge on any atom is 0.301 e. The van der Waals surface area contributed by atoms with E-state index in [-0.39, 0.29) is 24.6 Å². The zero-order valence-corrected chi connectivity index (χ0v) is 20.1. The molecule has 4 rings (SSSR count). The Labute approximate surface area is 203 Å². The Balaban J connectivity index is 1.64. The second kappa shape index (κ2) is 9.75. The van der Waals surface area contributed by atoms with Gasteiger partial charge in [-0.3, -0.25) is 0 Å². The predicted molar refractivity (Wildman–Crippen MR) is 130 cm³/mol. The van der Waals surface area contributed by atoms with Crippen molar-refractivity contribution >= 4 is 16.0 Å². The minimum absolute atomic E-state index is 0.0202. The molecule has 0 amide bonds. The van der Waals surface area contributed by atoms with Crippen LogP contribution in [-0.2, 0) is 14.8 Å². The lowest BCUT2D eigenvalue weighted by atomic mass is 9.95. The normalized spacial score (nSPS) is 19.3. The molecule has 3 aromatic rings. The van der Waals surface area contributed by atoms with Crippen LogP contribution in [0.15, 0.2) is 77.2 Å². The van der Waals surface area contributed by atoms with E-state index in [1.165, 1.54) is 0 Å². The van der Waals surface area contributed by atoms with Crippen LogP contribution in [0, 0.1) is 11.6 Å². The van der Waals surface area contributed by atoms with Crippen LogP contribution in [0.5, 0.6) is 0 Å². The van der Waals surface area contributed by atoms with Crippen LogP contribution in [0.3, 0.4) is 0 Å². The van der Waals surface area contributed by atoms with E-state index in [0.29, 0.717) is 5.56 Å². The Morgan fingerprint density at radius 1 is 1.03 bits per heavy atom. The van der Waals surface area contributed by atoms with E-state index in [9.17, 15) is 22.3 Å². The third-order valence-corrected chi connectivity index (χ3v) is 7.72. The highest BCUT2D eigenvalue weighted by atomic mass is 32.2. The van der Waals surface area contributed by atoms with Crippen LogP contribution in [0.2, 0.25) is 0 Å². The first-order valence-electron chi connectivity index (χ1n) is 11.1. The SMILES string of the molecule is CC1(C)OC(N[C@@H](CCO)c2cc(F)ccc2F)=NS(=O)(=O)C1c1ccc(-c2ccccc2)cc1. The molecule has 184 valence electrons. The molecule has 0 spiro atoms. The molecule has 3 aromatic carbocycles. The number of hydrogen-bond acceptors (Lipinski definition) is 5. The van der Waals surface area contributed by atoms with E-state index in [2.05, 4.69) is 9.71 Å². The number of amidine groups is 1. The smallest absolute Gasteiger partial charge is 0.301 e. The molecular weight excluding hydrogens is 474 g/mol. The average molecular weight is 501 g/mol. The van der Waals surface area contributed by atoms with Gasteiger partial charge in [0.2, 0.25) is 0 Å². The molecule has 0 radical (unpaired) electrons. The summed E-state index contributed by atoms with van der Waals surface area (Å²) < 4.78 is 64.4. The maximum absolute atomic E-state index is 14.4. The van der Waals surface area contributed by atoms with Gasteiger partial charge in [0.1, 0.15) is 22.5 Å². The lowest BCUT2D eigenvalue weighted by molar-refractivity contribution is 0.0759. The van der Waals surface area contributed by atoms with Crippen molar-refractivity contribution in [3.05, 3.63) is 95.6 Å². The summed E-state index contributed by atoms with van der Waals surface area (Å²) in [5, 5.41) is 11.1. The molecule has 0 fully saturated rings. The highest BCUT2D eigenvalue weighted by molar-refractivity contribution is 7.90. The molecule has 6 nitrogen and oxygen atoms in total. The number of nitrogens with one attached hydrogen (secondary N) is 1. The van der Waals surface area contributed by atoms with Crippen LogP contribution in [-0.4, -0.2) is 31.8 Å². The minimum Gasteiger partial charge on any atom is -0.457 e. The third kappa shape index (κ3) is 5.36. The maximum atomic E-state index is 14.4. The molecule has 0 aliphatic carbocycles. The van der Waals surface area contributed by atoms with Crippen LogP contribution in [0.4, 0.5) is 8.78 Å². The topological polar surface area (TPSA) is 88.0 Å². The summed E-state index contributed by atoms with van der Waals surface area (Å²) in [6.45, 7) is 2.90. The van der Waals surface area contributed by atoms with Crippen molar-refractivity contribution in [2.45, 2.75) is 37.2 Å². The molecule has 0 saturated heterocycles. The molecule has 1 aliphatic rings. The van der Waals surface area contributed by atoms with E-state index in [1.807, 2.05) is 42.5 Å². The van der Waals surface area contributed by atoms with Gasteiger partial charge in [-0.05, 0) is 55.2 Å². The van der Waals surface area contributed by atoms with Crippen molar-refractivity contribution in [3.8, 4) is 11.1 Å². The Bertz CT molecular complexity index is 1330. The molecule has 1 unspecified atom stereocenters. The molecule has 2 atom stereocenters. The number of hydrogen-bond donors (Lipinski definition) is 2. The van der Waals surface area contributed by atoms with Gasteiger partial charge in [-0.1, -0.05) is 54.6 Å². The fraction of sp³-hybridized carbons (Fsp3) is 0.269. The van der Waals surface area contributed by atoms with Gasteiger partial charge in [0.05, 0.1) is 6.04 Å². The molecule has 1 aliphatic heterocycles. The first-order valence-corrected chi connectivity index (χ1v) is 12.6. The molecule has 2 N–H and O–H groups in total. The standard InChI is InChI=1S/C26H26F2N2O4S/c1-26(2)24(19-10-8-18(9-11-19)17-6-4-3-5-7-17)35(32,33)30-25(34-26)29-23(14-15-31)21-16-20(27)12-13-22(21)28/h3-13,16,23-24,31H,14-15H2,1-2H3,(H,29,30)/t23-,24?/m0/s1. The van der Waals surface area contributed by atoms with E-state index in [1.54, 1.807) is 26.0 Å². The number of sulfonamides is 1. The van der Waals surface area contributed by atoms with Gasteiger partial charge in [0, 0.05) is 12.2 Å². The Hall–Kier alpha value is -3.30. The highest BCUT2D eigenvalue weighted by Gasteiger charge is 2.47. The van der Waals surface area contributed by atoms with Crippen molar-refractivity contribution in [1.29, 1.82) is 0 Å². The molecule has 35 heavy (non-hydrogen) atoms. The summed E-state index contributed by atoms with van der Waals surface area (Å²) in [5.41, 5.74) is 1.16. The summed E-state index contributed by atoms with van der Waals surface area (Å²) in [5.74, 6) is -1.36. The summed E-state index contributed by atoms with van der Waals surface area (Å²) in [7, 11) is -4.10. The minimum atomic E-state index is -4.10. The van der Waals surface area contributed by atoms with Crippen molar-refractivity contribution in [2.75, 3.05) is 6.61 Å². The monoisotopic (exact) mass is 500 g/mol. The van der Waals surface area contributed by atoms with Gasteiger partial charge in [0.15, 0.2) is 0 Å². The van der Waals surface area contributed by atoms with Gasteiger partial charge in [-0.2, -0.15) is 0 Å². The second-order valence-corrected chi connectivity index (χ2v) is 10.5. The average Bonchev–Trinajstić information content (AvgIpc) is 2.80. The molecule has 0 bridgehead atoms. The molecule has 9 heteroatoms. The first kappa shape index (κ1) is 24.8. The Morgan fingerprint density at radius 3 is 2.31 bits per heavy atom. The van der Waals surface area contributed by atoms with E-state index < -0.39 is 38.6 Å². The molecule has 0 aromatic heterocycles. The zero-order chi connectivity index (χ0) is 25.2. The van der Waals surface area contributed by atoms with Gasteiger partial charge in [-0.15, -0.1) is 4.40 Å². The van der Waals surface area contributed by atoms with E-state index in [0.717, 1.165) is 29.3 Å². The summed E-state index contributed by atoms with van der Waals surface area (Å²) in [6.07, 6.45) is -0.0202. The third-order valence-electron chi connectivity index (χ3n) is 5.87. The zero-order valence-electron chi connectivity index (χ0n) is 19.3. The number of nitrogens with zero attached hydrogens (tertiary/aromatic N) is 1.